The van der Waals surface area contributed by atoms with E-state index in [1.807, 2.05) is 0 Å². The van der Waals surface area contributed by atoms with E-state index in [1.54, 1.807) is 24.3 Å². The zero-order chi connectivity index (χ0) is 10.6. The van der Waals surface area contributed by atoms with E-state index in [4.69, 9.17) is 15.9 Å². The lowest BCUT2D eigenvalue weighted by Crippen LogP contribution is -2.12. The van der Waals surface area contributed by atoms with Gasteiger partial charge in [0.05, 0.1) is 0 Å². The third kappa shape index (κ3) is 3.06. The van der Waals surface area contributed by atoms with E-state index in [0.717, 1.165) is 5.56 Å². The fourth-order valence-corrected chi connectivity index (χ4v) is 1.20. The minimum Gasteiger partial charge on any atom is -0.508 e. The standard InChI is InChI=1S/C10H13NO3/c11-9(4-5-10(13)14)7-2-1-3-8(12)6-7/h1-3,6,9,12H,4-5,11H2,(H,13,14)/t9-/m1/s1. The van der Waals surface area contributed by atoms with Gasteiger partial charge in [-0.15, -0.1) is 0 Å². The minimum absolute atomic E-state index is 0.0385. The van der Waals surface area contributed by atoms with Crippen LogP contribution in [0, 0.1) is 0 Å². The van der Waals surface area contributed by atoms with Gasteiger partial charge in [0.2, 0.25) is 0 Å². The molecule has 0 saturated heterocycles. The molecule has 0 aliphatic heterocycles. The fourth-order valence-electron chi connectivity index (χ4n) is 1.20. The maximum absolute atomic E-state index is 10.3. The number of carbonyl (C=O) groups is 1. The van der Waals surface area contributed by atoms with E-state index in [-0.39, 0.29) is 18.2 Å². The summed E-state index contributed by atoms with van der Waals surface area (Å²) in [6.07, 6.45) is 0.412. The maximum Gasteiger partial charge on any atom is 0.303 e. The molecule has 4 nitrogen and oxygen atoms in total. The predicted octanol–water partition coefficient (Wildman–Crippen LogP) is 1.26. The van der Waals surface area contributed by atoms with Crippen molar-refractivity contribution in [3.63, 3.8) is 0 Å². The molecule has 0 saturated carbocycles. The Hall–Kier alpha value is -1.55. The molecule has 0 aliphatic rings. The van der Waals surface area contributed by atoms with Gasteiger partial charge in [0.25, 0.3) is 0 Å². The number of carboxylic acids is 1. The van der Waals surface area contributed by atoms with E-state index >= 15 is 0 Å². The molecule has 0 spiro atoms. The second-order valence-corrected chi connectivity index (χ2v) is 3.13. The molecular weight excluding hydrogens is 182 g/mol. The first-order valence-corrected chi connectivity index (χ1v) is 4.36. The van der Waals surface area contributed by atoms with Crippen molar-refractivity contribution < 1.29 is 15.0 Å². The first-order chi connectivity index (χ1) is 6.59. The average Bonchev–Trinajstić information content (AvgIpc) is 2.14. The largest absolute Gasteiger partial charge is 0.508 e. The number of hydrogen-bond donors (Lipinski definition) is 3. The Morgan fingerprint density at radius 2 is 2.21 bits per heavy atom. The lowest BCUT2D eigenvalue weighted by Gasteiger charge is -2.10. The molecule has 0 aliphatic carbocycles. The number of aliphatic carboxylic acids is 1. The summed E-state index contributed by atoms with van der Waals surface area (Å²) >= 11 is 0. The van der Waals surface area contributed by atoms with Crippen molar-refractivity contribution in [3.8, 4) is 5.75 Å². The monoisotopic (exact) mass is 195 g/mol. The van der Waals surface area contributed by atoms with E-state index in [9.17, 15) is 4.79 Å². The number of benzene rings is 1. The van der Waals surface area contributed by atoms with Gasteiger partial charge in [-0.05, 0) is 24.1 Å². The Kier molecular flexibility index (Phi) is 3.48. The molecule has 76 valence electrons. The van der Waals surface area contributed by atoms with Gasteiger partial charge in [-0.25, -0.2) is 0 Å². The van der Waals surface area contributed by atoms with Gasteiger partial charge in [-0.1, -0.05) is 12.1 Å². The Bertz CT molecular complexity index is 325. The van der Waals surface area contributed by atoms with Crippen molar-refractivity contribution in [2.24, 2.45) is 5.73 Å². The molecule has 0 aromatic heterocycles. The first kappa shape index (κ1) is 10.5. The van der Waals surface area contributed by atoms with E-state index in [1.165, 1.54) is 0 Å². The predicted molar refractivity (Wildman–Crippen MR) is 51.9 cm³/mol. The number of phenolic OH excluding ortho intramolecular Hbond substituents is 1. The third-order valence-electron chi connectivity index (χ3n) is 1.97. The molecule has 1 atom stereocenters. The first-order valence-electron chi connectivity index (χ1n) is 4.36. The van der Waals surface area contributed by atoms with Crippen LogP contribution < -0.4 is 5.73 Å². The highest BCUT2D eigenvalue weighted by molar-refractivity contribution is 5.66. The highest BCUT2D eigenvalue weighted by atomic mass is 16.4. The summed E-state index contributed by atoms with van der Waals surface area (Å²) in [5.74, 6) is -0.714. The topological polar surface area (TPSA) is 83.6 Å². The van der Waals surface area contributed by atoms with Crippen LogP contribution >= 0.6 is 0 Å². The van der Waals surface area contributed by atoms with Gasteiger partial charge >= 0.3 is 5.97 Å². The summed E-state index contributed by atoms with van der Waals surface area (Å²) < 4.78 is 0. The minimum atomic E-state index is -0.861. The summed E-state index contributed by atoms with van der Waals surface area (Å²) in [4.78, 5) is 10.3. The van der Waals surface area contributed by atoms with E-state index in [2.05, 4.69) is 0 Å². The van der Waals surface area contributed by atoms with Crippen molar-refractivity contribution in [1.82, 2.24) is 0 Å². The number of aromatic hydroxyl groups is 1. The van der Waals surface area contributed by atoms with Crippen LogP contribution in [-0.2, 0) is 4.79 Å². The molecule has 4 N–H and O–H groups in total. The molecule has 0 amide bonds. The van der Waals surface area contributed by atoms with Crippen molar-refractivity contribution in [3.05, 3.63) is 29.8 Å². The molecule has 4 heteroatoms. The van der Waals surface area contributed by atoms with Gasteiger partial charge in [0, 0.05) is 12.5 Å². The highest BCUT2D eigenvalue weighted by Gasteiger charge is 2.08. The molecule has 1 aromatic rings. The van der Waals surface area contributed by atoms with E-state index < -0.39 is 5.97 Å². The van der Waals surface area contributed by atoms with Gasteiger partial charge < -0.3 is 15.9 Å². The Morgan fingerprint density at radius 3 is 2.79 bits per heavy atom. The molecule has 0 unspecified atom stereocenters. The van der Waals surface area contributed by atoms with E-state index in [0.29, 0.717) is 6.42 Å². The highest BCUT2D eigenvalue weighted by Crippen LogP contribution is 2.19. The van der Waals surface area contributed by atoms with Crippen LogP contribution in [0.15, 0.2) is 24.3 Å². The van der Waals surface area contributed by atoms with Crippen LogP contribution in [-0.4, -0.2) is 16.2 Å². The average molecular weight is 195 g/mol. The summed E-state index contributed by atoms with van der Waals surface area (Å²) in [7, 11) is 0. The Balaban J connectivity index is 2.60. The maximum atomic E-state index is 10.3. The zero-order valence-corrected chi connectivity index (χ0v) is 7.68. The second-order valence-electron chi connectivity index (χ2n) is 3.13. The smallest absolute Gasteiger partial charge is 0.303 e. The van der Waals surface area contributed by atoms with Crippen molar-refractivity contribution in [2.75, 3.05) is 0 Å². The molecule has 1 aromatic carbocycles. The fraction of sp³-hybridized carbons (Fsp3) is 0.300. The van der Waals surface area contributed by atoms with Gasteiger partial charge in [-0.3, -0.25) is 4.79 Å². The molecule has 1 rings (SSSR count). The number of nitrogens with two attached hydrogens (primary N) is 1. The number of rotatable bonds is 4. The van der Waals surface area contributed by atoms with Gasteiger partial charge in [0.1, 0.15) is 5.75 Å². The summed E-state index contributed by atoms with van der Waals surface area (Å²) in [6, 6.07) is 6.22. The van der Waals surface area contributed by atoms with Gasteiger partial charge in [0.15, 0.2) is 0 Å². The SMILES string of the molecule is N[C@H](CCC(=O)O)c1cccc(O)c1. The summed E-state index contributed by atoms with van der Waals surface area (Å²) in [5.41, 5.74) is 6.49. The van der Waals surface area contributed by atoms with Crippen LogP contribution in [0.25, 0.3) is 0 Å². The Labute approximate surface area is 82.0 Å². The number of hydrogen-bond acceptors (Lipinski definition) is 3. The number of carboxylic acid groups (broad SMARTS) is 1. The van der Waals surface area contributed by atoms with Gasteiger partial charge in [-0.2, -0.15) is 0 Å². The second kappa shape index (κ2) is 4.62. The quantitative estimate of drug-likeness (QED) is 0.675. The molecule has 0 heterocycles. The molecule has 0 fully saturated rings. The third-order valence-corrected chi connectivity index (χ3v) is 1.97. The molecule has 0 bridgehead atoms. The summed E-state index contributed by atoms with van der Waals surface area (Å²) in [5, 5.41) is 17.6. The zero-order valence-electron chi connectivity index (χ0n) is 7.68. The molecule has 0 radical (unpaired) electrons. The van der Waals surface area contributed by atoms with Crippen LogP contribution in [0.1, 0.15) is 24.4 Å². The Morgan fingerprint density at radius 1 is 1.50 bits per heavy atom. The lowest BCUT2D eigenvalue weighted by atomic mass is 10.0. The normalized spacial score (nSPS) is 12.4. The van der Waals surface area contributed by atoms with Crippen LogP contribution in [0.5, 0.6) is 5.75 Å². The van der Waals surface area contributed by atoms with Crippen LogP contribution in [0.2, 0.25) is 0 Å². The van der Waals surface area contributed by atoms with Crippen molar-refractivity contribution in [2.45, 2.75) is 18.9 Å². The lowest BCUT2D eigenvalue weighted by molar-refractivity contribution is -0.137. The van der Waals surface area contributed by atoms with Crippen molar-refractivity contribution >= 4 is 5.97 Å². The molecular formula is C10H13NO3. The van der Waals surface area contributed by atoms with Crippen molar-refractivity contribution in [1.29, 1.82) is 0 Å². The molecule has 14 heavy (non-hydrogen) atoms. The van der Waals surface area contributed by atoms with Crippen LogP contribution in [0.3, 0.4) is 0 Å². The summed E-state index contributed by atoms with van der Waals surface area (Å²) in [6.45, 7) is 0. The number of phenols is 1. The van der Waals surface area contributed by atoms with Crippen LogP contribution in [0.4, 0.5) is 0 Å².